The van der Waals surface area contributed by atoms with Gasteiger partial charge in [-0.2, -0.15) is 5.10 Å². The number of halogens is 2. The van der Waals surface area contributed by atoms with Crippen molar-refractivity contribution in [2.24, 2.45) is 5.10 Å². The van der Waals surface area contributed by atoms with Crippen LogP contribution in [0.5, 0.6) is 5.75 Å². The van der Waals surface area contributed by atoms with Crippen molar-refractivity contribution in [1.82, 2.24) is 10.3 Å². The third-order valence-corrected chi connectivity index (χ3v) is 7.31. The summed E-state index contributed by atoms with van der Waals surface area (Å²) in [5.41, 5.74) is 5.98. The number of hydrogen-bond acceptors (Lipinski definition) is 6. The average molecular weight is 555 g/mol. The van der Waals surface area contributed by atoms with Crippen molar-refractivity contribution in [1.29, 1.82) is 0 Å². The molecule has 1 fully saturated rings. The molecule has 0 bridgehead atoms. The lowest BCUT2D eigenvalue weighted by atomic mass is 9.93. The lowest BCUT2D eigenvalue weighted by molar-refractivity contribution is -0.123. The molecule has 5 rings (SSSR count). The number of carbonyl (C=O) groups is 2. The van der Waals surface area contributed by atoms with Gasteiger partial charge >= 0.3 is 0 Å². The number of carbonyl (C=O) groups excluding carboxylic acids is 2. The number of aryl methyl sites for hydroxylation is 1. The van der Waals surface area contributed by atoms with Gasteiger partial charge < -0.3 is 19.0 Å². The number of nitrogens with zero attached hydrogens (tertiary/aromatic N) is 3. The Hall–Kier alpha value is -3.49. The van der Waals surface area contributed by atoms with E-state index in [2.05, 4.69) is 27.6 Å². The molecule has 0 spiro atoms. The van der Waals surface area contributed by atoms with Gasteiger partial charge in [0.05, 0.1) is 10.7 Å². The summed E-state index contributed by atoms with van der Waals surface area (Å²) in [4.78, 5) is 29.9. The summed E-state index contributed by atoms with van der Waals surface area (Å²) in [6.07, 6.45) is 2.20. The van der Waals surface area contributed by atoms with E-state index in [0.29, 0.717) is 46.8 Å². The number of ether oxygens (including phenoxy) is 1. The number of piperazine rings is 1. The Morgan fingerprint density at radius 2 is 1.82 bits per heavy atom. The highest BCUT2D eigenvalue weighted by atomic mass is 35.5. The number of benzene rings is 2. The van der Waals surface area contributed by atoms with Gasteiger partial charge in [-0.05, 0) is 50.1 Å². The van der Waals surface area contributed by atoms with Crippen molar-refractivity contribution >= 4 is 46.4 Å². The smallest absolute Gasteiger partial charge is 0.289 e. The van der Waals surface area contributed by atoms with Gasteiger partial charge in [0.15, 0.2) is 12.4 Å². The van der Waals surface area contributed by atoms with Crippen molar-refractivity contribution in [3.63, 3.8) is 0 Å². The van der Waals surface area contributed by atoms with Gasteiger partial charge in [0.2, 0.25) is 0 Å². The van der Waals surface area contributed by atoms with Gasteiger partial charge in [-0.1, -0.05) is 41.4 Å². The molecule has 2 amide bonds. The normalized spacial score (nSPS) is 16.3. The molecule has 10 heteroatoms. The van der Waals surface area contributed by atoms with Crippen LogP contribution in [0.2, 0.25) is 10.0 Å². The predicted octanol–water partition coefficient (Wildman–Crippen LogP) is 5.09. The first-order valence-corrected chi connectivity index (χ1v) is 13.3. The molecule has 0 unspecified atom stereocenters. The van der Waals surface area contributed by atoms with Gasteiger partial charge in [-0.15, -0.1) is 0 Å². The van der Waals surface area contributed by atoms with Crippen LogP contribution in [0.4, 0.5) is 5.69 Å². The largest absolute Gasteiger partial charge is 0.482 e. The zero-order chi connectivity index (χ0) is 26.6. The van der Waals surface area contributed by atoms with Gasteiger partial charge in [-0.3, -0.25) is 9.59 Å². The number of furan rings is 1. The van der Waals surface area contributed by atoms with E-state index in [0.717, 1.165) is 48.5 Å². The van der Waals surface area contributed by atoms with Crippen LogP contribution in [0.1, 0.15) is 40.3 Å². The Balaban J connectivity index is 1.23. The quantitative estimate of drug-likeness (QED) is 0.428. The highest BCUT2D eigenvalue weighted by Crippen LogP contribution is 2.31. The van der Waals surface area contributed by atoms with Crippen LogP contribution in [0.3, 0.4) is 0 Å². The Labute approximate surface area is 231 Å². The molecule has 1 N–H and O–H groups in total. The number of anilines is 1. The molecule has 1 aliphatic heterocycles. The Bertz CT molecular complexity index is 1360. The molecule has 0 radical (unpaired) electrons. The highest BCUT2D eigenvalue weighted by molar-refractivity contribution is 6.35. The van der Waals surface area contributed by atoms with E-state index in [-0.39, 0.29) is 12.5 Å². The van der Waals surface area contributed by atoms with Gasteiger partial charge in [0, 0.05) is 54.4 Å². The molecule has 1 aliphatic carbocycles. The third kappa shape index (κ3) is 5.66. The monoisotopic (exact) mass is 554 g/mol. The molecule has 0 saturated carbocycles. The second kappa shape index (κ2) is 11.5. The topological polar surface area (TPSA) is 87.4 Å². The standard InChI is InChI=1S/C28H28Cl2N4O4/c1-18-26-22(31-32-25(35)17-37-23-11-10-19(29)16-21(23)30)8-5-9-24(26)38-27(18)28(36)34-14-12-33(13-15-34)20-6-3-2-4-7-20/h2-4,6-7,10-11,16H,5,8-9,12-15,17H2,1H3,(H,32,35)/b31-22+. The number of hydrazone groups is 1. The van der Waals surface area contributed by atoms with E-state index >= 15 is 0 Å². The van der Waals surface area contributed by atoms with Crippen LogP contribution in [-0.4, -0.2) is 55.2 Å². The van der Waals surface area contributed by atoms with Crippen LogP contribution in [0.15, 0.2) is 58.0 Å². The fourth-order valence-corrected chi connectivity index (χ4v) is 5.29. The minimum absolute atomic E-state index is 0.110. The summed E-state index contributed by atoms with van der Waals surface area (Å²) >= 11 is 12.0. The summed E-state index contributed by atoms with van der Waals surface area (Å²) in [5.74, 6) is 0.907. The minimum Gasteiger partial charge on any atom is -0.482 e. The fraction of sp³-hybridized carbons (Fsp3) is 0.321. The van der Waals surface area contributed by atoms with E-state index in [1.165, 1.54) is 0 Å². The summed E-state index contributed by atoms with van der Waals surface area (Å²) in [6, 6.07) is 15.0. The van der Waals surface area contributed by atoms with E-state index in [1.54, 1.807) is 18.2 Å². The van der Waals surface area contributed by atoms with Crippen molar-refractivity contribution in [3.05, 3.63) is 81.2 Å². The van der Waals surface area contributed by atoms with Crippen molar-refractivity contribution in [2.75, 3.05) is 37.7 Å². The van der Waals surface area contributed by atoms with E-state index in [1.807, 2.05) is 30.0 Å². The first-order valence-electron chi connectivity index (χ1n) is 12.6. The van der Waals surface area contributed by atoms with Gasteiger partial charge in [-0.25, -0.2) is 5.43 Å². The molecule has 2 heterocycles. The first kappa shape index (κ1) is 26.1. The molecular weight excluding hydrogens is 527 g/mol. The maximum absolute atomic E-state index is 13.4. The number of para-hydroxylation sites is 1. The van der Waals surface area contributed by atoms with Crippen molar-refractivity contribution in [2.45, 2.75) is 26.2 Å². The van der Waals surface area contributed by atoms with Crippen LogP contribution in [-0.2, 0) is 11.2 Å². The molecule has 3 aromatic rings. The molecule has 198 valence electrons. The maximum atomic E-state index is 13.4. The molecule has 0 atom stereocenters. The van der Waals surface area contributed by atoms with Crippen LogP contribution in [0, 0.1) is 6.92 Å². The number of hydrogen-bond donors (Lipinski definition) is 1. The number of fused-ring (bicyclic) bond motifs is 1. The zero-order valence-corrected chi connectivity index (χ0v) is 22.5. The van der Waals surface area contributed by atoms with Crippen molar-refractivity contribution < 1.29 is 18.7 Å². The molecule has 1 aromatic heterocycles. The van der Waals surface area contributed by atoms with E-state index in [4.69, 9.17) is 32.4 Å². The Morgan fingerprint density at radius 1 is 1.05 bits per heavy atom. The summed E-state index contributed by atoms with van der Waals surface area (Å²) in [5, 5.41) is 5.16. The van der Waals surface area contributed by atoms with E-state index < -0.39 is 5.91 Å². The number of rotatable bonds is 6. The van der Waals surface area contributed by atoms with Gasteiger partial charge in [0.25, 0.3) is 11.8 Å². The third-order valence-electron chi connectivity index (χ3n) is 6.78. The lowest BCUT2D eigenvalue weighted by Gasteiger charge is -2.35. The van der Waals surface area contributed by atoms with Crippen LogP contribution in [0.25, 0.3) is 0 Å². The fourth-order valence-electron chi connectivity index (χ4n) is 4.83. The molecular formula is C28H28Cl2N4O4. The highest BCUT2D eigenvalue weighted by Gasteiger charge is 2.31. The molecule has 38 heavy (non-hydrogen) atoms. The van der Waals surface area contributed by atoms with Crippen LogP contribution >= 0.6 is 23.2 Å². The summed E-state index contributed by atoms with van der Waals surface area (Å²) in [6.45, 7) is 4.38. The predicted molar refractivity (Wildman–Crippen MR) is 148 cm³/mol. The summed E-state index contributed by atoms with van der Waals surface area (Å²) in [7, 11) is 0. The zero-order valence-electron chi connectivity index (χ0n) is 21.0. The first-order chi connectivity index (χ1) is 18.4. The van der Waals surface area contributed by atoms with E-state index in [9.17, 15) is 9.59 Å². The Kier molecular flexibility index (Phi) is 7.90. The SMILES string of the molecule is Cc1c(C(=O)N2CCN(c3ccccc3)CC2)oc2c1/C(=N/NC(=O)COc1ccc(Cl)cc1Cl)CCC2. The number of nitrogens with one attached hydrogen (secondary N) is 1. The van der Waals surface area contributed by atoms with Gasteiger partial charge in [0.1, 0.15) is 11.5 Å². The number of amides is 2. The second-order valence-electron chi connectivity index (χ2n) is 9.28. The Morgan fingerprint density at radius 3 is 2.55 bits per heavy atom. The maximum Gasteiger partial charge on any atom is 0.289 e. The summed E-state index contributed by atoms with van der Waals surface area (Å²) < 4.78 is 11.6. The van der Waals surface area contributed by atoms with Crippen LogP contribution < -0.4 is 15.1 Å². The lowest BCUT2D eigenvalue weighted by Crippen LogP contribution is -2.48. The van der Waals surface area contributed by atoms with Crippen molar-refractivity contribution in [3.8, 4) is 5.75 Å². The minimum atomic E-state index is -0.427. The second-order valence-corrected chi connectivity index (χ2v) is 10.1. The molecule has 2 aliphatic rings. The molecule has 1 saturated heterocycles. The average Bonchev–Trinajstić information content (AvgIpc) is 3.28. The molecule has 8 nitrogen and oxygen atoms in total. The molecule has 2 aromatic carbocycles.